The highest BCUT2D eigenvalue weighted by Crippen LogP contribution is 2.21. The van der Waals surface area contributed by atoms with Crippen molar-refractivity contribution in [2.24, 2.45) is 0 Å². The lowest BCUT2D eigenvalue weighted by molar-refractivity contribution is -0.385. The van der Waals surface area contributed by atoms with Crippen molar-refractivity contribution in [2.45, 2.75) is 13.5 Å². The van der Waals surface area contributed by atoms with Gasteiger partial charge in [-0.15, -0.1) is 21.5 Å². The zero-order valence-corrected chi connectivity index (χ0v) is 12.9. The average molecular weight is 329 g/mol. The SMILES string of the molecule is Cc1ccc(C(=O)Cn2nnc(-c3cccs3)n2)cc1[N+](=O)[O-]. The van der Waals surface area contributed by atoms with Gasteiger partial charge in [-0.2, -0.15) is 4.80 Å². The predicted octanol–water partition coefficient (Wildman–Crippen LogP) is 2.50. The zero-order chi connectivity index (χ0) is 16.4. The number of benzene rings is 1. The Morgan fingerprint density at radius 1 is 1.39 bits per heavy atom. The third-order valence-corrected chi connectivity index (χ3v) is 4.07. The van der Waals surface area contributed by atoms with Gasteiger partial charge in [-0.05, 0) is 23.6 Å². The first-order chi connectivity index (χ1) is 11.0. The molecule has 0 aliphatic rings. The van der Waals surface area contributed by atoms with E-state index < -0.39 is 4.92 Å². The maximum absolute atomic E-state index is 12.2. The Balaban J connectivity index is 1.80. The van der Waals surface area contributed by atoms with Gasteiger partial charge < -0.3 is 0 Å². The van der Waals surface area contributed by atoms with E-state index in [0.717, 1.165) is 4.88 Å². The van der Waals surface area contributed by atoms with Crippen LogP contribution in [0.15, 0.2) is 35.7 Å². The van der Waals surface area contributed by atoms with Crippen molar-refractivity contribution in [3.8, 4) is 10.7 Å². The first-order valence-electron chi connectivity index (χ1n) is 6.64. The first kappa shape index (κ1) is 15.0. The van der Waals surface area contributed by atoms with Crippen LogP contribution in [0.3, 0.4) is 0 Å². The fourth-order valence-corrected chi connectivity index (χ4v) is 2.66. The Hall–Kier alpha value is -2.94. The molecule has 0 amide bonds. The van der Waals surface area contributed by atoms with E-state index in [9.17, 15) is 14.9 Å². The number of aromatic nitrogens is 4. The molecular weight excluding hydrogens is 318 g/mol. The summed E-state index contributed by atoms with van der Waals surface area (Å²) in [6.07, 6.45) is 0. The molecule has 0 N–H and O–H groups in total. The van der Waals surface area contributed by atoms with E-state index >= 15 is 0 Å². The number of nitro benzene ring substituents is 1. The molecule has 0 aliphatic carbocycles. The van der Waals surface area contributed by atoms with Crippen molar-refractivity contribution in [2.75, 3.05) is 0 Å². The number of nitro groups is 1. The number of aryl methyl sites for hydroxylation is 1. The molecule has 0 atom stereocenters. The predicted molar refractivity (Wildman–Crippen MR) is 83.3 cm³/mol. The van der Waals surface area contributed by atoms with Crippen LogP contribution in [0, 0.1) is 17.0 Å². The zero-order valence-electron chi connectivity index (χ0n) is 12.0. The highest BCUT2D eigenvalue weighted by atomic mass is 32.1. The normalized spacial score (nSPS) is 10.7. The lowest BCUT2D eigenvalue weighted by Gasteiger charge is -2.02. The van der Waals surface area contributed by atoms with Crippen molar-refractivity contribution >= 4 is 22.8 Å². The van der Waals surface area contributed by atoms with Crippen molar-refractivity contribution in [1.29, 1.82) is 0 Å². The minimum atomic E-state index is -0.505. The topological polar surface area (TPSA) is 104 Å². The maximum Gasteiger partial charge on any atom is 0.273 e. The second kappa shape index (κ2) is 6.05. The monoisotopic (exact) mass is 329 g/mol. The Morgan fingerprint density at radius 2 is 2.22 bits per heavy atom. The van der Waals surface area contributed by atoms with Crippen LogP contribution in [0.4, 0.5) is 5.69 Å². The smallest absolute Gasteiger partial charge is 0.273 e. The number of carbonyl (C=O) groups excluding carboxylic acids is 1. The number of hydrogen-bond acceptors (Lipinski definition) is 7. The number of tetrazole rings is 1. The Bertz CT molecular complexity index is 872. The number of thiophene rings is 1. The average Bonchev–Trinajstić information content (AvgIpc) is 3.18. The van der Waals surface area contributed by atoms with Crippen LogP contribution in [-0.4, -0.2) is 30.9 Å². The molecule has 116 valence electrons. The quantitative estimate of drug-likeness (QED) is 0.405. The van der Waals surface area contributed by atoms with Gasteiger partial charge in [-0.25, -0.2) is 0 Å². The molecule has 0 saturated carbocycles. The second-order valence-electron chi connectivity index (χ2n) is 4.80. The molecule has 0 spiro atoms. The van der Waals surface area contributed by atoms with Crippen LogP contribution in [0.2, 0.25) is 0 Å². The number of nitrogens with zero attached hydrogens (tertiary/aromatic N) is 5. The summed E-state index contributed by atoms with van der Waals surface area (Å²) >= 11 is 1.47. The van der Waals surface area contributed by atoms with Crippen molar-refractivity contribution in [1.82, 2.24) is 20.2 Å². The van der Waals surface area contributed by atoms with Gasteiger partial charge in [-0.1, -0.05) is 18.2 Å². The van der Waals surface area contributed by atoms with Gasteiger partial charge in [0.05, 0.1) is 9.80 Å². The third kappa shape index (κ3) is 3.14. The molecule has 0 aliphatic heterocycles. The molecule has 8 nitrogen and oxygen atoms in total. The molecule has 23 heavy (non-hydrogen) atoms. The molecule has 1 aromatic carbocycles. The molecule has 9 heteroatoms. The number of hydrogen-bond donors (Lipinski definition) is 0. The lowest BCUT2D eigenvalue weighted by atomic mass is 10.1. The third-order valence-electron chi connectivity index (χ3n) is 3.21. The number of rotatable bonds is 5. The second-order valence-corrected chi connectivity index (χ2v) is 5.75. The molecule has 0 fully saturated rings. The minimum absolute atomic E-state index is 0.0818. The van der Waals surface area contributed by atoms with Gasteiger partial charge in [0.15, 0.2) is 5.78 Å². The van der Waals surface area contributed by atoms with Gasteiger partial charge in [0.25, 0.3) is 5.69 Å². The Labute approximate surface area is 134 Å². The highest BCUT2D eigenvalue weighted by molar-refractivity contribution is 7.13. The Kier molecular flexibility index (Phi) is 3.94. The minimum Gasteiger partial charge on any atom is -0.292 e. The number of ketones is 1. The summed E-state index contributed by atoms with van der Waals surface area (Å²) in [7, 11) is 0. The summed E-state index contributed by atoms with van der Waals surface area (Å²) in [4.78, 5) is 24.7. The summed E-state index contributed by atoms with van der Waals surface area (Å²) in [5.74, 6) is 0.130. The van der Waals surface area contributed by atoms with E-state index in [1.54, 1.807) is 19.1 Å². The summed E-state index contributed by atoms with van der Waals surface area (Å²) in [6, 6.07) is 8.11. The fourth-order valence-electron chi connectivity index (χ4n) is 2.01. The highest BCUT2D eigenvalue weighted by Gasteiger charge is 2.16. The van der Waals surface area contributed by atoms with Gasteiger partial charge in [-0.3, -0.25) is 14.9 Å². The summed E-state index contributed by atoms with van der Waals surface area (Å²) in [6.45, 7) is 1.50. The summed E-state index contributed by atoms with van der Waals surface area (Å²) < 4.78 is 0. The number of carbonyl (C=O) groups is 1. The van der Waals surface area contributed by atoms with Crippen molar-refractivity contribution in [3.05, 3.63) is 57.0 Å². The largest absolute Gasteiger partial charge is 0.292 e. The van der Waals surface area contributed by atoms with Crippen LogP contribution in [0.25, 0.3) is 10.7 Å². The Morgan fingerprint density at radius 3 is 2.91 bits per heavy atom. The van der Waals surface area contributed by atoms with E-state index in [2.05, 4.69) is 15.4 Å². The van der Waals surface area contributed by atoms with E-state index in [-0.39, 0.29) is 23.6 Å². The molecule has 2 heterocycles. The molecule has 0 saturated heterocycles. The molecule has 3 rings (SSSR count). The van der Waals surface area contributed by atoms with Gasteiger partial charge in [0, 0.05) is 17.2 Å². The maximum atomic E-state index is 12.2. The summed E-state index contributed by atoms with van der Waals surface area (Å²) in [5.41, 5.74) is 0.671. The van der Waals surface area contributed by atoms with E-state index in [4.69, 9.17) is 0 Å². The van der Waals surface area contributed by atoms with Crippen LogP contribution < -0.4 is 0 Å². The molecule has 0 radical (unpaired) electrons. The first-order valence-corrected chi connectivity index (χ1v) is 7.52. The van der Waals surface area contributed by atoms with Gasteiger partial charge in [0.2, 0.25) is 5.82 Å². The van der Waals surface area contributed by atoms with E-state index in [1.165, 1.54) is 22.2 Å². The molecule has 3 aromatic rings. The van der Waals surface area contributed by atoms with Crippen molar-refractivity contribution < 1.29 is 9.72 Å². The van der Waals surface area contributed by atoms with Crippen LogP contribution in [-0.2, 0) is 6.54 Å². The van der Waals surface area contributed by atoms with Crippen LogP contribution >= 0.6 is 11.3 Å². The van der Waals surface area contributed by atoms with E-state index in [1.807, 2.05) is 17.5 Å². The van der Waals surface area contributed by atoms with Crippen LogP contribution in [0.1, 0.15) is 15.9 Å². The van der Waals surface area contributed by atoms with Crippen molar-refractivity contribution in [3.63, 3.8) is 0 Å². The van der Waals surface area contributed by atoms with Crippen LogP contribution in [0.5, 0.6) is 0 Å². The summed E-state index contributed by atoms with van der Waals surface area (Å²) in [5, 5.41) is 24.7. The molecular formula is C14H11N5O3S. The molecule has 0 bridgehead atoms. The molecule has 0 unspecified atom stereocenters. The lowest BCUT2D eigenvalue weighted by Crippen LogP contribution is -2.13. The number of Topliss-reactive ketones (excluding diaryl/α,β-unsaturated/α-hetero) is 1. The van der Waals surface area contributed by atoms with Gasteiger partial charge in [0.1, 0.15) is 6.54 Å². The van der Waals surface area contributed by atoms with E-state index in [0.29, 0.717) is 11.4 Å². The standard InChI is InChI=1S/C14H11N5O3S/c1-9-4-5-10(7-11(9)19(21)22)12(20)8-18-16-14(15-17-18)13-3-2-6-23-13/h2-7H,8H2,1H3. The molecule has 2 aromatic heterocycles. The fraction of sp³-hybridized carbons (Fsp3) is 0.143. The van der Waals surface area contributed by atoms with Gasteiger partial charge >= 0.3 is 0 Å².